The van der Waals surface area contributed by atoms with Gasteiger partial charge in [-0.1, -0.05) is 37.3 Å². The number of carbonyl (C=O) groups excluding carboxylic acids is 2. The maximum atomic E-state index is 13.7. The number of rotatable bonds is 8. The molecule has 3 aliphatic heterocycles. The van der Waals surface area contributed by atoms with E-state index in [1.165, 1.54) is 11.1 Å². The summed E-state index contributed by atoms with van der Waals surface area (Å²) in [7, 11) is 6.90. The average Bonchev–Trinajstić information content (AvgIpc) is 3.95. The Balaban J connectivity index is 0.974. The van der Waals surface area contributed by atoms with Crippen LogP contribution in [0.2, 0.25) is 0 Å². The van der Waals surface area contributed by atoms with E-state index >= 15 is 0 Å². The molecule has 2 amide bonds. The van der Waals surface area contributed by atoms with Crippen LogP contribution in [-0.2, 0) is 42.2 Å². The van der Waals surface area contributed by atoms with Crippen LogP contribution in [0.1, 0.15) is 55.3 Å². The van der Waals surface area contributed by atoms with E-state index < -0.39 is 11.9 Å². The number of aromatic nitrogens is 4. The van der Waals surface area contributed by atoms with Gasteiger partial charge in [-0.2, -0.15) is 0 Å². The van der Waals surface area contributed by atoms with Gasteiger partial charge in [-0.25, -0.2) is 9.78 Å². The Morgan fingerprint density at radius 2 is 1.66 bits per heavy atom. The molecule has 13 heteroatoms. The van der Waals surface area contributed by atoms with E-state index in [1.807, 2.05) is 30.5 Å². The largest absolute Gasteiger partial charge is 0.496 e. The van der Waals surface area contributed by atoms with Crippen molar-refractivity contribution in [3.63, 3.8) is 0 Å². The fourth-order valence-electron chi connectivity index (χ4n) is 9.93. The van der Waals surface area contributed by atoms with Gasteiger partial charge < -0.3 is 18.9 Å². The quantitative estimate of drug-likeness (QED) is 0.201. The molecule has 13 nitrogen and oxygen atoms in total. The summed E-state index contributed by atoms with van der Waals surface area (Å²) in [6.45, 7) is 6.36. The first-order valence-electron chi connectivity index (χ1n) is 20.4. The highest BCUT2D eigenvalue weighted by atomic mass is 16.5. The molecule has 3 fully saturated rings. The van der Waals surface area contributed by atoms with E-state index in [0.29, 0.717) is 23.4 Å². The molecule has 302 valence electrons. The van der Waals surface area contributed by atoms with Crippen molar-refractivity contribution in [3.05, 3.63) is 105 Å². The number of piperidine rings is 1. The van der Waals surface area contributed by atoms with Crippen LogP contribution < -0.4 is 30.9 Å². The molecule has 0 bridgehead atoms. The molecule has 1 unspecified atom stereocenters. The topological polar surface area (TPSA) is 133 Å². The molecule has 0 radical (unpaired) electrons. The number of fused-ring (bicyclic) bond motifs is 4. The van der Waals surface area contributed by atoms with E-state index in [9.17, 15) is 19.2 Å². The molecule has 1 saturated carbocycles. The molecule has 2 saturated heterocycles. The lowest BCUT2D eigenvalue weighted by Crippen LogP contribution is -2.45. The minimum absolute atomic E-state index is 0.0101. The Hall–Kier alpha value is -6.21. The van der Waals surface area contributed by atoms with Crippen LogP contribution in [0.25, 0.3) is 44.1 Å². The number of aryl methyl sites for hydroxylation is 2. The predicted octanol–water partition coefficient (Wildman–Crippen LogP) is 5.42. The molecule has 6 aromatic rings. The number of hydrogen-bond acceptors (Lipinski definition) is 9. The van der Waals surface area contributed by atoms with Crippen molar-refractivity contribution in [1.29, 1.82) is 0 Å². The van der Waals surface area contributed by atoms with Crippen molar-refractivity contribution in [2.24, 2.45) is 20.0 Å². The fraction of sp³-hybridized carbons (Fsp3) is 0.370. The predicted molar refractivity (Wildman–Crippen MR) is 226 cm³/mol. The average molecular weight is 794 g/mol. The number of ether oxygens (including phenoxy) is 2. The summed E-state index contributed by atoms with van der Waals surface area (Å²) in [5.74, 6) is 2.18. The first-order chi connectivity index (χ1) is 28.5. The van der Waals surface area contributed by atoms with Gasteiger partial charge in [0.05, 0.1) is 36.2 Å². The molecule has 3 aromatic heterocycles. The van der Waals surface area contributed by atoms with Crippen molar-refractivity contribution in [2.45, 2.75) is 57.2 Å². The lowest BCUT2D eigenvalue weighted by Gasteiger charge is -2.38. The molecule has 59 heavy (non-hydrogen) atoms. The highest BCUT2D eigenvalue weighted by Gasteiger charge is 2.49. The summed E-state index contributed by atoms with van der Waals surface area (Å²) in [5.41, 5.74) is 8.42. The summed E-state index contributed by atoms with van der Waals surface area (Å²) >= 11 is 0. The van der Waals surface area contributed by atoms with E-state index in [0.717, 1.165) is 95.1 Å². The molecular weight excluding hydrogens is 747 g/mol. The number of nitrogens with one attached hydrogen (secondary N) is 1. The molecular formula is C46H47N7O6. The van der Waals surface area contributed by atoms with Crippen LogP contribution >= 0.6 is 0 Å². The summed E-state index contributed by atoms with van der Waals surface area (Å²) in [4.78, 5) is 61.1. The van der Waals surface area contributed by atoms with E-state index in [-0.39, 0.29) is 35.4 Å². The first-order valence-corrected chi connectivity index (χ1v) is 20.4. The molecule has 10 rings (SSSR count). The normalized spacial score (nSPS) is 18.9. The number of amides is 2. The van der Waals surface area contributed by atoms with Crippen LogP contribution in [0.3, 0.4) is 0 Å². The summed E-state index contributed by atoms with van der Waals surface area (Å²) < 4.78 is 17.0. The standard InChI is InChI=1S/C46H47N7O6/c1-26-20-52(21-26)40-18-31-32(19-47-40)44(56)49(2)23-33(31)29-16-38(58-4)34(39(17-29)59-5)24-51-22-28-10-9-27(15-35(28)46(25-51)13-14-46)30-7-6-8-36-42(30)50(3)45(57)53(36)37-11-12-41(54)48-43(37)55/h6-10,15-19,23,26,37H,11-14,20-22,24-25H2,1-5H3,(H,48,54,55). The Labute approximate surface area is 340 Å². The number of imidazole rings is 1. The zero-order valence-electron chi connectivity index (χ0n) is 34.0. The van der Waals surface area contributed by atoms with Gasteiger partial charge in [0.2, 0.25) is 11.8 Å². The molecule has 4 aliphatic rings. The second-order valence-corrected chi connectivity index (χ2v) is 17.1. The van der Waals surface area contributed by atoms with Gasteiger partial charge in [0.25, 0.3) is 5.56 Å². The lowest BCUT2D eigenvalue weighted by atomic mass is 9.84. The van der Waals surface area contributed by atoms with Gasteiger partial charge >= 0.3 is 5.69 Å². The molecule has 6 heterocycles. The highest BCUT2D eigenvalue weighted by Crippen LogP contribution is 2.54. The third kappa shape index (κ3) is 5.96. The monoisotopic (exact) mass is 793 g/mol. The second-order valence-electron chi connectivity index (χ2n) is 17.1. The SMILES string of the molecule is COc1cc(-c2cn(C)c(=O)c3cnc(N4CC(C)C4)cc23)cc(OC)c1CN1Cc2ccc(-c3cccc4c3n(C)c(=O)n4C3CCC(=O)NC3=O)cc2C2(CC2)C1. The first kappa shape index (κ1) is 37.1. The highest BCUT2D eigenvalue weighted by molar-refractivity contribution is 6.01. The number of methoxy groups -OCH3 is 2. The van der Waals surface area contributed by atoms with Gasteiger partial charge in [-0.15, -0.1) is 0 Å². The van der Waals surface area contributed by atoms with Crippen LogP contribution in [0.4, 0.5) is 5.82 Å². The summed E-state index contributed by atoms with van der Waals surface area (Å²) in [6, 6.07) is 17.9. The van der Waals surface area contributed by atoms with Gasteiger partial charge in [-0.05, 0) is 71.7 Å². The molecule has 1 aliphatic carbocycles. The summed E-state index contributed by atoms with van der Waals surface area (Å²) in [6.07, 6.45) is 6.23. The van der Waals surface area contributed by atoms with Crippen LogP contribution in [0.15, 0.2) is 76.6 Å². The molecule has 3 aromatic carbocycles. The fourth-order valence-corrected chi connectivity index (χ4v) is 9.93. The van der Waals surface area contributed by atoms with Crippen molar-refractivity contribution >= 4 is 39.4 Å². The van der Waals surface area contributed by atoms with Gasteiger partial charge in [0.1, 0.15) is 23.4 Å². The van der Waals surface area contributed by atoms with Gasteiger partial charge in [0.15, 0.2) is 0 Å². The van der Waals surface area contributed by atoms with Gasteiger partial charge in [0, 0.05) is 87.6 Å². The number of hydrogen-bond donors (Lipinski definition) is 1. The number of benzene rings is 3. The smallest absolute Gasteiger partial charge is 0.329 e. The Morgan fingerprint density at radius 1 is 0.898 bits per heavy atom. The lowest BCUT2D eigenvalue weighted by molar-refractivity contribution is -0.135. The van der Waals surface area contributed by atoms with Crippen molar-refractivity contribution < 1.29 is 19.1 Å². The maximum Gasteiger partial charge on any atom is 0.329 e. The van der Waals surface area contributed by atoms with E-state index in [2.05, 4.69) is 57.4 Å². The second kappa shape index (κ2) is 13.7. The number of imide groups is 1. The molecule has 1 atom stereocenters. The van der Waals surface area contributed by atoms with Crippen LogP contribution in [0.5, 0.6) is 11.5 Å². The van der Waals surface area contributed by atoms with Crippen molar-refractivity contribution in [2.75, 3.05) is 38.8 Å². The van der Waals surface area contributed by atoms with Crippen molar-refractivity contribution in [1.82, 2.24) is 28.9 Å². The minimum atomic E-state index is -0.741. The number of carbonyl (C=O) groups is 2. The van der Waals surface area contributed by atoms with Gasteiger partial charge in [-0.3, -0.25) is 33.7 Å². The molecule has 1 spiro atoms. The number of anilines is 1. The number of para-hydroxylation sites is 1. The third-order valence-electron chi connectivity index (χ3n) is 13.1. The van der Waals surface area contributed by atoms with E-state index in [4.69, 9.17) is 9.47 Å². The van der Waals surface area contributed by atoms with Crippen LogP contribution in [-0.4, -0.2) is 69.3 Å². The summed E-state index contributed by atoms with van der Waals surface area (Å²) in [5, 5.41) is 3.83. The Kier molecular flexibility index (Phi) is 8.60. The van der Waals surface area contributed by atoms with E-state index in [1.54, 1.807) is 48.2 Å². The zero-order chi connectivity index (χ0) is 40.9. The number of pyridine rings is 2. The van der Waals surface area contributed by atoms with Crippen molar-refractivity contribution in [3.8, 4) is 33.8 Å². The maximum absolute atomic E-state index is 13.7. The Bertz CT molecular complexity index is 2850. The Morgan fingerprint density at radius 3 is 2.36 bits per heavy atom. The minimum Gasteiger partial charge on any atom is -0.496 e. The number of nitrogens with zero attached hydrogens (tertiary/aromatic N) is 6. The molecule has 1 N–H and O–H groups in total. The zero-order valence-corrected chi connectivity index (χ0v) is 34.0. The third-order valence-corrected chi connectivity index (χ3v) is 13.1. The van der Waals surface area contributed by atoms with Crippen LogP contribution in [0, 0.1) is 5.92 Å².